The number of amides is 1. The highest BCUT2D eigenvalue weighted by molar-refractivity contribution is 9.10. The van der Waals surface area contributed by atoms with Crippen molar-refractivity contribution in [3.05, 3.63) is 64.1 Å². The molecule has 0 aromatic heterocycles. The molecule has 2 atom stereocenters. The van der Waals surface area contributed by atoms with Crippen LogP contribution < -0.4 is 10.6 Å². The highest BCUT2D eigenvalue weighted by atomic mass is 79.9. The minimum atomic E-state index is -0.846. The van der Waals surface area contributed by atoms with Gasteiger partial charge in [-0.15, -0.1) is 0 Å². The number of halogens is 3. The van der Waals surface area contributed by atoms with Crippen LogP contribution in [-0.2, 0) is 4.79 Å². The molecular weight excluding hydrogens is 452 g/mol. The second-order valence-corrected chi connectivity index (χ2v) is 9.30. The molecule has 0 bridgehead atoms. The van der Waals surface area contributed by atoms with E-state index < -0.39 is 17.2 Å². The Morgan fingerprint density at radius 1 is 1.33 bits per heavy atom. The fourth-order valence-corrected chi connectivity index (χ4v) is 4.53. The van der Waals surface area contributed by atoms with Crippen molar-refractivity contribution in [3.8, 4) is 0 Å². The summed E-state index contributed by atoms with van der Waals surface area (Å²) in [5, 5.41) is 5.81. The largest absolute Gasteiger partial charge is 0.352 e. The first kappa shape index (κ1) is 21.1. The van der Waals surface area contributed by atoms with Gasteiger partial charge in [0, 0.05) is 23.4 Å². The van der Waals surface area contributed by atoms with Crippen LogP contribution in [0.4, 0.5) is 14.5 Å². The Labute approximate surface area is 184 Å². The molecule has 4 nitrogen and oxygen atoms in total. The molecule has 2 saturated carbocycles. The van der Waals surface area contributed by atoms with Crippen LogP contribution in [0.3, 0.4) is 0 Å². The van der Waals surface area contributed by atoms with Crippen molar-refractivity contribution in [2.24, 2.45) is 11.8 Å². The van der Waals surface area contributed by atoms with Crippen molar-refractivity contribution in [3.63, 3.8) is 0 Å². The number of carbonyl (C=O) groups excluding carboxylic acids is 1. The SMILES string of the molecule is C/C=C\N1C=C(C(=O)NCC2CC2)C(Nc2ccc(Br)cc2F)=C(F)C12CCC2C. The van der Waals surface area contributed by atoms with E-state index in [1.54, 1.807) is 18.5 Å². The van der Waals surface area contributed by atoms with Crippen LogP contribution in [-0.4, -0.2) is 22.9 Å². The number of anilines is 1. The molecule has 1 spiro atoms. The zero-order chi connectivity index (χ0) is 21.5. The number of allylic oxidation sites excluding steroid dienone is 1. The lowest BCUT2D eigenvalue weighted by Gasteiger charge is -2.54. The molecule has 2 fully saturated rings. The third-order valence-electron chi connectivity index (χ3n) is 6.36. The molecule has 4 rings (SSSR count). The second-order valence-electron chi connectivity index (χ2n) is 8.39. The number of carbonyl (C=O) groups is 1. The summed E-state index contributed by atoms with van der Waals surface area (Å²) in [6, 6.07) is 4.53. The van der Waals surface area contributed by atoms with Crippen LogP contribution in [0.2, 0.25) is 0 Å². The summed E-state index contributed by atoms with van der Waals surface area (Å²) in [6.45, 7) is 4.44. The van der Waals surface area contributed by atoms with E-state index in [4.69, 9.17) is 0 Å². The number of hydrogen-bond donors (Lipinski definition) is 2. The number of nitrogens with zero attached hydrogens (tertiary/aromatic N) is 1. The predicted molar refractivity (Wildman–Crippen MR) is 117 cm³/mol. The van der Waals surface area contributed by atoms with Gasteiger partial charge in [0.1, 0.15) is 11.4 Å². The van der Waals surface area contributed by atoms with Crippen LogP contribution in [0.25, 0.3) is 0 Å². The zero-order valence-corrected chi connectivity index (χ0v) is 18.7. The van der Waals surface area contributed by atoms with Gasteiger partial charge in [0.2, 0.25) is 0 Å². The van der Waals surface area contributed by atoms with E-state index >= 15 is 4.39 Å². The molecular formula is C23H26BrF2N3O. The third-order valence-corrected chi connectivity index (χ3v) is 6.86. The van der Waals surface area contributed by atoms with E-state index in [2.05, 4.69) is 26.6 Å². The summed E-state index contributed by atoms with van der Waals surface area (Å²) in [5.41, 5.74) is -0.484. The van der Waals surface area contributed by atoms with Gasteiger partial charge in [-0.05, 0) is 62.6 Å². The Morgan fingerprint density at radius 2 is 2.10 bits per heavy atom. The van der Waals surface area contributed by atoms with Gasteiger partial charge in [0.05, 0.1) is 17.0 Å². The highest BCUT2D eigenvalue weighted by Gasteiger charge is 2.54. The van der Waals surface area contributed by atoms with E-state index in [1.807, 2.05) is 24.8 Å². The lowest BCUT2D eigenvalue weighted by atomic mass is 9.64. The average Bonchev–Trinajstić information content (AvgIpc) is 3.53. The normalized spacial score (nSPS) is 26.1. The highest BCUT2D eigenvalue weighted by Crippen LogP contribution is 2.53. The standard InChI is InChI=1S/C23H26BrF2N3O/c1-3-10-29-13-17(22(30)27-12-15-4-5-15)20(21(26)23(29)9-8-14(23)2)28-19-7-6-16(24)11-18(19)25/h3,6-7,10-11,13-15,28H,4-5,8-9,12H2,1-2H3,(H,27,30)/b10-3-. The summed E-state index contributed by atoms with van der Waals surface area (Å²) in [4.78, 5) is 14.8. The monoisotopic (exact) mass is 477 g/mol. The maximum absolute atomic E-state index is 16.1. The molecule has 7 heteroatoms. The molecule has 30 heavy (non-hydrogen) atoms. The molecule has 3 aliphatic rings. The first-order valence-electron chi connectivity index (χ1n) is 10.4. The Kier molecular flexibility index (Phi) is 5.75. The van der Waals surface area contributed by atoms with Crippen molar-refractivity contribution in [1.82, 2.24) is 10.2 Å². The maximum Gasteiger partial charge on any atom is 0.254 e. The van der Waals surface area contributed by atoms with E-state index in [1.165, 1.54) is 12.1 Å². The van der Waals surface area contributed by atoms with Crippen LogP contribution >= 0.6 is 15.9 Å². The summed E-state index contributed by atoms with van der Waals surface area (Å²) in [5.74, 6) is -0.729. The molecule has 0 saturated heterocycles. The van der Waals surface area contributed by atoms with Gasteiger partial charge in [-0.2, -0.15) is 0 Å². The molecule has 2 aliphatic carbocycles. The lowest BCUT2D eigenvalue weighted by Crippen LogP contribution is -2.58. The summed E-state index contributed by atoms with van der Waals surface area (Å²) >= 11 is 3.24. The lowest BCUT2D eigenvalue weighted by molar-refractivity contribution is -0.117. The Bertz CT molecular complexity index is 954. The van der Waals surface area contributed by atoms with Gasteiger partial charge in [-0.3, -0.25) is 4.79 Å². The van der Waals surface area contributed by atoms with Crippen LogP contribution in [0.15, 0.2) is 58.2 Å². The van der Waals surface area contributed by atoms with Gasteiger partial charge >= 0.3 is 0 Å². The Morgan fingerprint density at radius 3 is 2.67 bits per heavy atom. The van der Waals surface area contributed by atoms with Gasteiger partial charge in [0.25, 0.3) is 5.91 Å². The van der Waals surface area contributed by atoms with Crippen molar-refractivity contribution in [1.29, 1.82) is 0 Å². The molecule has 1 amide bonds. The summed E-state index contributed by atoms with van der Waals surface area (Å²) < 4.78 is 31.2. The van der Waals surface area contributed by atoms with Gasteiger partial charge < -0.3 is 15.5 Å². The van der Waals surface area contributed by atoms with Gasteiger partial charge in [-0.1, -0.05) is 28.9 Å². The third kappa shape index (κ3) is 3.68. The van der Waals surface area contributed by atoms with E-state index in [9.17, 15) is 9.18 Å². The molecule has 2 unspecified atom stereocenters. The number of rotatable bonds is 6. The molecule has 1 aromatic rings. The van der Waals surface area contributed by atoms with Crippen molar-refractivity contribution >= 4 is 27.5 Å². The van der Waals surface area contributed by atoms with Crippen molar-refractivity contribution < 1.29 is 13.6 Å². The van der Waals surface area contributed by atoms with Gasteiger partial charge in [-0.25, -0.2) is 8.78 Å². The quantitative estimate of drug-likeness (QED) is 0.559. The van der Waals surface area contributed by atoms with E-state index in [0.717, 1.165) is 19.3 Å². The second kappa shape index (κ2) is 8.17. The van der Waals surface area contributed by atoms with E-state index in [-0.39, 0.29) is 28.8 Å². The smallest absolute Gasteiger partial charge is 0.254 e. The molecule has 1 aliphatic heterocycles. The van der Waals surface area contributed by atoms with E-state index in [0.29, 0.717) is 23.4 Å². The Balaban J connectivity index is 1.74. The summed E-state index contributed by atoms with van der Waals surface area (Å²) in [7, 11) is 0. The number of hydrogen-bond acceptors (Lipinski definition) is 3. The minimum Gasteiger partial charge on any atom is -0.352 e. The van der Waals surface area contributed by atoms with Crippen LogP contribution in [0.1, 0.15) is 39.5 Å². The number of nitrogens with one attached hydrogen (secondary N) is 2. The van der Waals surface area contributed by atoms with Crippen molar-refractivity contribution in [2.45, 2.75) is 45.1 Å². The number of benzene rings is 1. The fourth-order valence-electron chi connectivity index (χ4n) is 4.19. The first-order chi connectivity index (χ1) is 14.4. The first-order valence-corrected chi connectivity index (χ1v) is 11.2. The molecule has 160 valence electrons. The van der Waals surface area contributed by atoms with Crippen molar-refractivity contribution in [2.75, 3.05) is 11.9 Å². The minimum absolute atomic E-state index is 0.0526. The maximum atomic E-state index is 16.1. The Hall–Kier alpha value is -2.15. The average molecular weight is 478 g/mol. The van der Waals surface area contributed by atoms with Gasteiger partial charge in [0.15, 0.2) is 5.83 Å². The molecule has 0 radical (unpaired) electrons. The predicted octanol–water partition coefficient (Wildman–Crippen LogP) is 5.61. The van der Waals surface area contributed by atoms with Crippen LogP contribution in [0.5, 0.6) is 0 Å². The summed E-state index contributed by atoms with van der Waals surface area (Å²) in [6.07, 6.45) is 9.06. The molecule has 2 N–H and O–H groups in total. The topological polar surface area (TPSA) is 44.4 Å². The molecule has 1 aromatic carbocycles. The molecule has 1 heterocycles. The fraction of sp³-hybridized carbons (Fsp3) is 0.435. The van der Waals surface area contributed by atoms with Crippen LogP contribution in [0, 0.1) is 17.7 Å². The zero-order valence-electron chi connectivity index (χ0n) is 17.1.